The number of nitrogens with one attached hydrogen (secondary N) is 1. The molecule has 0 unspecified atom stereocenters. The molecule has 1 aliphatic carbocycles. The molecule has 4 aromatic rings. The quantitative estimate of drug-likeness (QED) is 0.312. The summed E-state index contributed by atoms with van der Waals surface area (Å²) in [6, 6.07) is 7.45. The summed E-state index contributed by atoms with van der Waals surface area (Å²) < 4.78 is 24.2. The van der Waals surface area contributed by atoms with Crippen LogP contribution in [0.2, 0.25) is 0 Å². The van der Waals surface area contributed by atoms with E-state index in [9.17, 15) is 9.50 Å². The van der Waals surface area contributed by atoms with Gasteiger partial charge in [0.2, 0.25) is 0 Å². The third kappa shape index (κ3) is 5.30. The van der Waals surface area contributed by atoms with Gasteiger partial charge < -0.3 is 20.3 Å². The van der Waals surface area contributed by atoms with Crippen LogP contribution in [-0.2, 0) is 6.54 Å². The van der Waals surface area contributed by atoms with Crippen LogP contribution in [0.25, 0.3) is 22.2 Å². The van der Waals surface area contributed by atoms with Gasteiger partial charge in [0.1, 0.15) is 11.5 Å². The van der Waals surface area contributed by atoms with Gasteiger partial charge in [-0.25, -0.2) is 9.37 Å². The standard InChI is InChI=1S/C27H33FN6O3/c1-3-29-25-11-23-22(13-30-25)27(18-12-31-33(14-18)15-20(36)16-35)32-34(23)19-7-9-21(10-8-19)37-24-6-4-5-17(2)26(24)28/h4-6,11-14,19-21,35-36H,3,7-10,15-16H2,1-2H3,(H,29,30)/t19?,20-,21?/m0/s1. The maximum absolute atomic E-state index is 14.4. The molecule has 1 saturated carbocycles. The largest absolute Gasteiger partial charge is 0.487 e. The lowest BCUT2D eigenvalue weighted by molar-refractivity contribution is 0.0783. The van der Waals surface area contributed by atoms with E-state index in [-0.39, 0.29) is 31.1 Å². The molecular formula is C27H33FN6O3. The van der Waals surface area contributed by atoms with E-state index in [2.05, 4.69) is 20.1 Å². The molecule has 1 fully saturated rings. The first-order valence-electron chi connectivity index (χ1n) is 12.8. The first-order valence-corrected chi connectivity index (χ1v) is 12.8. The Balaban J connectivity index is 1.40. The first-order chi connectivity index (χ1) is 18.0. The van der Waals surface area contributed by atoms with E-state index in [1.54, 1.807) is 29.9 Å². The Morgan fingerprint density at radius 1 is 1.22 bits per heavy atom. The smallest absolute Gasteiger partial charge is 0.167 e. The Morgan fingerprint density at radius 3 is 2.78 bits per heavy atom. The molecule has 37 heavy (non-hydrogen) atoms. The fourth-order valence-electron chi connectivity index (χ4n) is 4.96. The topological polar surface area (TPSA) is 110 Å². The highest BCUT2D eigenvalue weighted by Crippen LogP contribution is 2.37. The van der Waals surface area contributed by atoms with E-state index in [0.717, 1.165) is 60.2 Å². The molecule has 0 aliphatic heterocycles. The maximum Gasteiger partial charge on any atom is 0.167 e. The molecule has 0 bridgehead atoms. The van der Waals surface area contributed by atoms with E-state index >= 15 is 0 Å². The fourth-order valence-corrected chi connectivity index (χ4v) is 4.96. The van der Waals surface area contributed by atoms with Crippen LogP contribution in [0.4, 0.5) is 10.2 Å². The Kier molecular flexibility index (Phi) is 7.38. The highest BCUT2D eigenvalue weighted by atomic mass is 19.1. The Bertz CT molecular complexity index is 1360. The van der Waals surface area contributed by atoms with Crippen molar-refractivity contribution in [2.75, 3.05) is 18.5 Å². The summed E-state index contributed by atoms with van der Waals surface area (Å²) in [7, 11) is 0. The zero-order valence-corrected chi connectivity index (χ0v) is 21.1. The van der Waals surface area contributed by atoms with Crippen molar-refractivity contribution in [1.29, 1.82) is 0 Å². The molecule has 0 spiro atoms. The number of anilines is 1. The number of nitrogens with zero attached hydrogens (tertiary/aromatic N) is 5. The van der Waals surface area contributed by atoms with Crippen LogP contribution in [0.15, 0.2) is 42.9 Å². The van der Waals surface area contributed by atoms with E-state index in [1.807, 2.05) is 31.5 Å². The second-order valence-corrected chi connectivity index (χ2v) is 9.63. The minimum absolute atomic E-state index is 0.0379. The number of aliphatic hydroxyl groups is 2. The van der Waals surface area contributed by atoms with Crippen LogP contribution >= 0.6 is 0 Å². The molecule has 1 atom stereocenters. The van der Waals surface area contributed by atoms with Gasteiger partial charge >= 0.3 is 0 Å². The Morgan fingerprint density at radius 2 is 2.03 bits per heavy atom. The van der Waals surface area contributed by atoms with Crippen molar-refractivity contribution in [3.63, 3.8) is 0 Å². The first kappa shape index (κ1) is 25.2. The van der Waals surface area contributed by atoms with Crippen LogP contribution in [-0.4, -0.2) is 60.1 Å². The molecule has 3 aromatic heterocycles. The van der Waals surface area contributed by atoms with Gasteiger partial charge in [-0.2, -0.15) is 10.2 Å². The normalized spacial score (nSPS) is 18.7. The summed E-state index contributed by atoms with van der Waals surface area (Å²) in [6.07, 6.45) is 7.78. The summed E-state index contributed by atoms with van der Waals surface area (Å²) in [6.45, 7) is 4.41. The number of benzene rings is 1. The summed E-state index contributed by atoms with van der Waals surface area (Å²) in [5, 5.41) is 32.5. The van der Waals surface area contributed by atoms with E-state index in [0.29, 0.717) is 11.3 Å². The van der Waals surface area contributed by atoms with Crippen LogP contribution in [0.5, 0.6) is 5.75 Å². The van der Waals surface area contributed by atoms with Gasteiger partial charge in [-0.1, -0.05) is 12.1 Å². The van der Waals surface area contributed by atoms with Gasteiger partial charge in [-0.15, -0.1) is 0 Å². The van der Waals surface area contributed by atoms with E-state index < -0.39 is 6.10 Å². The number of ether oxygens (including phenoxy) is 1. The lowest BCUT2D eigenvalue weighted by Crippen LogP contribution is -2.26. The Labute approximate surface area is 214 Å². The minimum atomic E-state index is -0.878. The summed E-state index contributed by atoms with van der Waals surface area (Å²) in [4.78, 5) is 4.56. The van der Waals surface area contributed by atoms with E-state index in [1.165, 1.54) is 0 Å². The molecule has 0 radical (unpaired) electrons. The molecule has 3 N–H and O–H groups in total. The molecule has 1 aromatic carbocycles. The molecule has 9 nitrogen and oxygen atoms in total. The molecule has 5 rings (SSSR count). The molecule has 3 heterocycles. The van der Waals surface area contributed by atoms with Crippen molar-refractivity contribution < 1.29 is 19.3 Å². The number of aliphatic hydroxyl groups excluding tert-OH is 2. The fraction of sp³-hybridized carbons (Fsp3) is 0.444. The number of fused-ring (bicyclic) bond motifs is 1. The predicted molar refractivity (Wildman–Crippen MR) is 139 cm³/mol. The van der Waals surface area contributed by atoms with Crippen molar-refractivity contribution in [2.24, 2.45) is 0 Å². The second kappa shape index (κ2) is 10.9. The number of hydrogen-bond donors (Lipinski definition) is 3. The Hall–Kier alpha value is -3.50. The highest BCUT2D eigenvalue weighted by Gasteiger charge is 2.27. The molecule has 0 saturated heterocycles. The van der Waals surface area contributed by atoms with Crippen molar-refractivity contribution >= 4 is 16.7 Å². The zero-order chi connectivity index (χ0) is 25.9. The summed E-state index contributed by atoms with van der Waals surface area (Å²) in [5.74, 6) is 0.819. The molecular weight excluding hydrogens is 475 g/mol. The third-order valence-electron chi connectivity index (χ3n) is 6.90. The van der Waals surface area contributed by atoms with E-state index in [4.69, 9.17) is 14.9 Å². The molecule has 196 valence electrons. The third-order valence-corrected chi connectivity index (χ3v) is 6.90. The van der Waals surface area contributed by atoms with Crippen molar-refractivity contribution in [3.05, 3.63) is 54.2 Å². The van der Waals surface area contributed by atoms with Gasteiger partial charge in [-0.05, 0) is 51.2 Å². The van der Waals surface area contributed by atoms with Crippen molar-refractivity contribution in [3.8, 4) is 17.0 Å². The van der Waals surface area contributed by atoms with Crippen LogP contribution in [0.3, 0.4) is 0 Å². The average molecular weight is 509 g/mol. The monoisotopic (exact) mass is 508 g/mol. The maximum atomic E-state index is 14.4. The molecule has 0 amide bonds. The number of aromatic nitrogens is 5. The molecule has 1 aliphatic rings. The number of rotatable bonds is 9. The van der Waals surface area contributed by atoms with Gasteiger partial charge in [0.15, 0.2) is 11.6 Å². The number of hydrogen-bond acceptors (Lipinski definition) is 7. The van der Waals surface area contributed by atoms with Crippen molar-refractivity contribution in [2.45, 2.75) is 64.3 Å². The van der Waals surface area contributed by atoms with Gasteiger partial charge in [-0.3, -0.25) is 9.36 Å². The van der Waals surface area contributed by atoms with Crippen molar-refractivity contribution in [1.82, 2.24) is 24.5 Å². The van der Waals surface area contributed by atoms with Gasteiger partial charge in [0.05, 0.1) is 43.1 Å². The van der Waals surface area contributed by atoms with Crippen LogP contribution in [0.1, 0.15) is 44.2 Å². The lowest BCUT2D eigenvalue weighted by Gasteiger charge is -2.29. The summed E-state index contributed by atoms with van der Waals surface area (Å²) >= 11 is 0. The number of aryl methyl sites for hydroxylation is 1. The predicted octanol–water partition coefficient (Wildman–Crippen LogP) is 4.09. The SMILES string of the molecule is CCNc1cc2c(cn1)c(-c1cnn(C[C@H](O)CO)c1)nn2C1CCC(Oc2cccc(C)c2F)CC1. The second-order valence-electron chi connectivity index (χ2n) is 9.63. The van der Waals surface area contributed by atoms with Crippen LogP contribution in [0, 0.1) is 12.7 Å². The number of halogens is 1. The zero-order valence-electron chi connectivity index (χ0n) is 21.1. The minimum Gasteiger partial charge on any atom is -0.487 e. The number of pyridine rings is 1. The molecule has 10 heteroatoms. The van der Waals surface area contributed by atoms with Gasteiger partial charge in [0.25, 0.3) is 0 Å². The lowest BCUT2D eigenvalue weighted by atomic mass is 9.93. The summed E-state index contributed by atoms with van der Waals surface area (Å²) in [5.41, 5.74) is 3.16. The highest BCUT2D eigenvalue weighted by molar-refractivity contribution is 5.93. The average Bonchev–Trinajstić information content (AvgIpc) is 3.52. The van der Waals surface area contributed by atoms with Gasteiger partial charge in [0, 0.05) is 36.0 Å². The van der Waals surface area contributed by atoms with Crippen LogP contribution < -0.4 is 10.1 Å².